The Balaban J connectivity index is 1.64. The van der Waals surface area contributed by atoms with Crippen molar-refractivity contribution in [2.75, 3.05) is 24.7 Å². The predicted molar refractivity (Wildman–Crippen MR) is 125 cm³/mol. The van der Waals surface area contributed by atoms with Gasteiger partial charge < -0.3 is 14.2 Å². The lowest BCUT2D eigenvalue weighted by Gasteiger charge is -2.31. The van der Waals surface area contributed by atoms with Gasteiger partial charge in [-0.15, -0.1) is 0 Å². The molecule has 5 rings (SSSR count). The molecular formula is C25H28N2O4S. The molecule has 2 aliphatic rings. The topological polar surface area (TPSA) is 68.6 Å². The first-order valence-corrected chi connectivity index (χ1v) is 13.0. The minimum atomic E-state index is -3.13. The molecule has 6 nitrogen and oxygen atoms in total. The van der Waals surface area contributed by atoms with Crippen LogP contribution in [0.4, 0.5) is 0 Å². The zero-order chi connectivity index (χ0) is 22.3. The van der Waals surface area contributed by atoms with Crippen LogP contribution in [-0.2, 0) is 21.6 Å². The lowest BCUT2D eigenvalue weighted by atomic mass is 10.0. The number of carbonyl (C=O) groups is 1. The van der Waals surface area contributed by atoms with E-state index in [4.69, 9.17) is 4.74 Å². The van der Waals surface area contributed by atoms with E-state index in [9.17, 15) is 13.2 Å². The molecule has 1 amide bonds. The van der Waals surface area contributed by atoms with Gasteiger partial charge in [0.2, 0.25) is 0 Å². The summed E-state index contributed by atoms with van der Waals surface area (Å²) >= 11 is 0. The Morgan fingerprint density at radius 2 is 1.84 bits per heavy atom. The maximum Gasteiger partial charge on any atom is 0.257 e. The van der Waals surface area contributed by atoms with Crippen LogP contribution in [0.1, 0.15) is 29.6 Å². The highest BCUT2D eigenvalue weighted by Crippen LogP contribution is 2.35. The maximum absolute atomic E-state index is 14.2. The Bertz CT molecular complexity index is 1240. The summed E-state index contributed by atoms with van der Waals surface area (Å²) in [6.45, 7) is 1.12. The Hall–Kier alpha value is -2.64. The molecule has 32 heavy (non-hydrogen) atoms. The van der Waals surface area contributed by atoms with Gasteiger partial charge in [0.05, 0.1) is 28.9 Å². The summed E-state index contributed by atoms with van der Waals surface area (Å²) in [5, 5.41) is 0.886. The third-order valence-electron chi connectivity index (χ3n) is 6.70. The van der Waals surface area contributed by atoms with Gasteiger partial charge in [0.25, 0.3) is 5.91 Å². The number of aromatic nitrogens is 1. The van der Waals surface area contributed by atoms with Crippen molar-refractivity contribution in [3.8, 4) is 11.3 Å². The number of ether oxygens (including phenoxy) is 1. The van der Waals surface area contributed by atoms with E-state index < -0.39 is 9.84 Å². The Labute approximate surface area is 188 Å². The number of amides is 1. The quantitative estimate of drug-likeness (QED) is 0.593. The Kier molecular flexibility index (Phi) is 5.55. The smallest absolute Gasteiger partial charge is 0.257 e. The Morgan fingerprint density at radius 3 is 2.53 bits per heavy atom. The van der Waals surface area contributed by atoms with Crippen LogP contribution < -0.4 is 0 Å². The molecule has 1 aromatic heterocycles. The summed E-state index contributed by atoms with van der Waals surface area (Å²) < 4.78 is 32.4. The van der Waals surface area contributed by atoms with E-state index >= 15 is 0 Å². The van der Waals surface area contributed by atoms with Crippen molar-refractivity contribution in [3.05, 3.63) is 60.2 Å². The van der Waals surface area contributed by atoms with E-state index in [2.05, 4.69) is 4.57 Å². The molecule has 2 saturated heterocycles. The van der Waals surface area contributed by atoms with E-state index in [0.717, 1.165) is 35.0 Å². The van der Waals surface area contributed by atoms with Crippen molar-refractivity contribution in [1.82, 2.24) is 9.47 Å². The minimum Gasteiger partial charge on any atom is -0.376 e. The molecule has 3 aromatic rings. The van der Waals surface area contributed by atoms with Crippen LogP contribution in [0.15, 0.2) is 54.6 Å². The monoisotopic (exact) mass is 452 g/mol. The summed E-state index contributed by atoms with van der Waals surface area (Å²) in [5.41, 5.74) is 3.43. The van der Waals surface area contributed by atoms with E-state index in [1.165, 1.54) is 0 Å². The molecule has 0 radical (unpaired) electrons. The summed E-state index contributed by atoms with van der Waals surface area (Å²) in [6.07, 6.45) is 2.30. The van der Waals surface area contributed by atoms with Crippen LogP contribution in [0.25, 0.3) is 22.2 Å². The summed E-state index contributed by atoms with van der Waals surface area (Å²) in [7, 11) is -1.15. The first-order valence-electron chi connectivity index (χ1n) is 11.2. The average molecular weight is 453 g/mol. The van der Waals surface area contributed by atoms with Crippen LogP contribution in [0.3, 0.4) is 0 Å². The average Bonchev–Trinajstić information content (AvgIpc) is 3.50. The zero-order valence-electron chi connectivity index (χ0n) is 18.2. The second-order valence-corrected chi connectivity index (χ2v) is 11.0. The molecule has 0 aliphatic carbocycles. The third-order valence-corrected chi connectivity index (χ3v) is 8.45. The van der Waals surface area contributed by atoms with Crippen molar-refractivity contribution in [1.29, 1.82) is 0 Å². The number of carbonyl (C=O) groups excluding carboxylic acids is 1. The third kappa shape index (κ3) is 3.84. The predicted octanol–water partition coefficient (Wildman–Crippen LogP) is 3.65. The molecule has 0 unspecified atom stereocenters. The lowest BCUT2D eigenvalue weighted by molar-refractivity contribution is 0.0443. The molecule has 2 aliphatic heterocycles. The highest BCUT2D eigenvalue weighted by molar-refractivity contribution is 7.91. The van der Waals surface area contributed by atoms with Crippen LogP contribution in [0.2, 0.25) is 0 Å². The van der Waals surface area contributed by atoms with Crippen LogP contribution in [0, 0.1) is 0 Å². The molecule has 0 spiro atoms. The highest BCUT2D eigenvalue weighted by Gasteiger charge is 2.38. The first kappa shape index (κ1) is 21.2. The zero-order valence-corrected chi connectivity index (χ0v) is 19.1. The SMILES string of the molecule is Cn1c(-c2ccccc2)c(C(=O)N(C[C@H]2CCCO2)[C@@H]2CCS(=O)(=O)C2)c2ccccc21. The van der Waals surface area contributed by atoms with E-state index in [1.807, 2.05) is 61.6 Å². The lowest BCUT2D eigenvalue weighted by Crippen LogP contribution is -2.45. The van der Waals surface area contributed by atoms with Gasteiger partial charge in [0.15, 0.2) is 9.84 Å². The first-order chi connectivity index (χ1) is 15.4. The van der Waals surface area contributed by atoms with Gasteiger partial charge in [-0.3, -0.25) is 4.79 Å². The van der Waals surface area contributed by atoms with Gasteiger partial charge in [0, 0.05) is 37.1 Å². The van der Waals surface area contributed by atoms with Gasteiger partial charge in [-0.1, -0.05) is 48.5 Å². The fourth-order valence-corrected chi connectivity index (χ4v) is 6.84. The fourth-order valence-electron chi connectivity index (χ4n) is 5.11. The molecule has 2 aromatic carbocycles. The standard InChI is InChI=1S/C25H28N2O4S/c1-26-22-12-6-5-11-21(22)23(24(26)18-8-3-2-4-9-18)25(28)27(16-20-10-7-14-31-20)19-13-15-32(29,30)17-19/h2-6,8-9,11-12,19-20H,7,10,13-17H2,1H3/t19-,20-/m1/s1. The molecule has 7 heteroatoms. The van der Waals surface area contributed by atoms with Crippen molar-refractivity contribution < 1.29 is 17.9 Å². The summed E-state index contributed by atoms with van der Waals surface area (Å²) in [4.78, 5) is 16.0. The number of nitrogens with zero attached hydrogens (tertiary/aromatic N) is 2. The largest absolute Gasteiger partial charge is 0.376 e. The van der Waals surface area contributed by atoms with E-state index in [-0.39, 0.29) is 29.6 Å². The molecular weight excluding hydrogens is 424 g/mol. The second-order valence-electron chi connectivity index (χ2n) is 8.82. The number of fused-ring (bicyclic) bond motifs is 1. The van der Waals surface area contributed by atoms with Gasteiger partial charge in [0.1, 0.15) is 0 Å². The molecule has 3 heterocycles. The summed E-state index contributed by atoms with van der Waals surface area (Å²) in [5.74, 6) is 0.0450. The van der Waals surface area contributed by atoms with Crippen LogP contribution in [0.5, 0.6) is 0 Å². The normalized spacial score (nSPS) is 22.4. The highest BCUT2D eigenvalue weighted by atomic mass is 32.2. The number of sulfone groups is 1. The van der Waals surface area contributed by atoms with Gasteiger partial charge >= 0.3 is 0 Å². The van der Waals surface area contributed by atoms with E-state index in [0.29, 0.717) is 25.1 Å². The Morgan fingerprint density at radius 1 is 1.09 bits per heavy atom. The van der Waals surface area contributed by atoms with Gasteiger partial charge in [-0.25, -0.2) is 8.42 Å². The molecule has 2 atom stereocenters. The minimum absolute atomic E-state index is 0.0247. The van der Waals surface area contributed by atoms with Gasteiger partial charge in [-0.2, -0.15) is 0 Å². The second kappa shape index (κ2) is 8.37. The number of para-hydroxylation sites is 1. The number of rotatable bonds is 5. The molecule has 168 valence electrons. The summed E-state index contributed by atoms with van der Waals surface area (Å²) in [6, 6.07) is 17.5. The van der Waals surface area contributed by atoms with Crippen LogP contribution in [-0.4, -0.2) is 60.6 Å². The number of benzene rings is 2. The molecule has 0 bridgehead atoms. The molecule has 0 N–H and O–H groups in total. The molecule has 2 fully saturated rings. The van der Waals surface area contributed by atoms with Crippen molar-refractivity contribution >= 4 is 26.6 Å². The van der Waals surface area contributed by atoms with E-state index in [1.54, 1.807) is 4.90 Å². The maximum atomic E-state index is 14.2. The molecule has 0 saturated carbocycles. The fraction of sp³-hybridized carbons (Fsp3) is 0.400. The number of hydrogen-bond acceptors (Lipinski definition) is 4. The van der Waals surface area contributed by atoms with Crippen LogP contribution >= 0.6 is 0 Å². The van der Waals surface area contributed by atoms with Crippen molar-refractivity contribution in [3.63, 3.8) is 0 Å². The van der Waals surface area contributed by atoms with Crippen molar-refractivity contribution in [2.24, 2.45) is 7.05 Å². The number of aryl methyl sites for hydroxylation is 1. The van der Waals surface area contributed by atoms with Crippen molar-refractivity contribution in [2.45, 2.75) is 31.4 Å². The van der Waals surface area contributed by atoms with Gasteiger partial charge in [-0.05, 0) is 30.9 Å². The number of hydrogen-bond donors (Lipinski definition) is 0.